The van der Waals surface area contributed by atoms with E-state index in [-0.39, 0.29) is 11.2 Å². The topological polar surface area (TPSA) is 43.4 Å². The van der Waals surface area contributed by atoms with E-state index in [2.05, 4.69) is 20.8 Å². The van der Waals surface area contributed by atoms with E-state index < -0.39 is 12.1 Å². The van der Waals surface area contributed by atoms with Crippen molar-refractivity contribution in [3.05, 3.63) is 70.6 Å². The summed E-state index contributed by atoms with van der Waals surface area (Å²) >= 11 is 1.37. The molecule has 0 aliphatic carbocycles. The first kappa shape index (κ1) is 18.3. The Morgan fingerprint density at radius 1 is 1.00 bits per heavy atom. The predicted molar refractivity (Wildman–Crippen MR) is 106 cm³/mol. The number of hydrogen-bond acceptors (Lipinski definition) is 4. The smallest absolute Gasteiger partial charge is 0.349 e. The second-order valence-electron chi connectivity index (χ2n) is 7.39. The molecule has 0 fully saturated rings. The van der Waals surface area contributed by atoms with Gasteiger partial charge in [0.25, 0.3) is 0 Å². The number of fused-ring (bicyclic) bond motifs is 1. The van der Waals surface area contributed by atoms with Crippen LogP contribution in [0.15, 0.2) is 54.6 Å². The quantitative estimate of drug-likeness (QED) is 0.444. The lowest BCUT2D eigenvalue weighted by atomic mass is 9.86. The zero-order chi connectivity index (χ0) is 18.9. The maximum atomic E-state index is 12.6. The summed E-state index contributed by atoms with van der Waals surface area (Å²) in [6.45, 7) is 7.99. The van der Waals surface area contributed by atoms with Crippen LogP contribution in [0, 0.1) is 0 Å². The van der Waals surface area contributed by atoms with Crippen LogP contribution in [0.2, 0.25) is 0 Å². The van der Waals surface area contributed by atoms with Gasteiger partial charge in [-0.1, -0.05) is 63.2 Å². The van der Waals surface area contributed by atoms with Crippen LogP contribution >= 0.6 is 11.3 Å². The average molecular weight is 366 g/mol. The first-order valence-corrected chi connectivity index (χ1v) is 9.41. The third kappa shape index (κ3) is 3.86. The van der Waals surface area contributed by atoms with Crippen LogP contribution in [-0.4, -0.2) is 17.9 Å². The van der Waals surface area contributed by atoms with Crippen molar-refractivity contribution in [3.63, 3.8) is 0 Å². The Kier molecular flexibility index (Phi) is 4.97. The number of ketones is 1. The van der Waals surface area contributed by atoms with Gasteiger partial charge in [-0.15, -0.1) is 11.3 Å². The Morgan fingerprint density at radius 2 is 1.65 bits per heavy atom. The van der Waals surface area contributed by atoms with Crippen LogP contribution in [0.5, 0.6) is 0 Å². The molecule has 0 unspecified atom stereocenters. The molecule has 0 saturated heterocycles. The third-order valence-corrected chi connectivity index (χ3v) is 5.41. The van der Waals surface area contributed by atoms with Crippen molar-refractivity contribution in [2.45, 2.75) is 39.2 Å². The van der Waals surface area contributed by atoms with Crippen LogP contribution in [0.1, 0.15) is 53.3 Å². The standard InChI is InChI=1S/C22H22O3S/c1-14(20(23)15-9-11-17(12-10-15)22(2,3)4)25-21(24)19-13-16-7-5-6-8-18(16)26-19/h5-14H,1-4H3/t14-/m1/s1. The van der Waals surface area contributed by atoms with Crippen LogP contribution in [0.4, 0.5) is 0 Å². The molecule has 0 radical (unpaired) electrons. The molecule has 1 aromatic heterocycles. The number of rotatable bonds is 4. The van der Waals surface area contributed by atoms with Crippen LogP contribution in [-0.2, 0) is 10.2 Å². The Hall–Kier alpha value is -2.46. The number of thiophene rings is 1. The molecule has 3 rings (SSSR count). The van der Waals surface area contributed by atoms with Gasteiger partial charge in [0.2, 0.25) is 5.78 Å². The average Bonchev–Trinajstić information content (AvgIpc) is 3.04. The largest absolute Gasteiger partial charge is 0.450 e. The van der Waals surface area contributed by atoms with Crippen molar-refractivity contribution in [1.29, 1.82) is 0 Å². The zero-order valence-electron chi connectivity index (χ0n) is 15.4. The molecular formula is C22H22O3S. The number of hydrogen-bond donors (Lipinski definition) is 0. The van der Waals surface area contributed by atoms with Gasteiger partial charge in [0.05, 0.1) is 0 Å². The van der Waals surface area contributed by atoms with Crippen LogP contribution in [0.25, 0.3) is 10.1 Å². The minimum atomic E-state index is -0.826. The normalized spacial score (nSPS) is 12.8. The van der Waals surface area contributed by atoms with Gasteiger partial charge in [-0.2, -0.15) is 0 Å². The second kappa shape index (κ2) is 7.04. The van der Waals surface area contributed by atoms with Crippen molar-refractivity contribution >= 4 is 33.2 Å². The van der Waals surface area contributed by atoms with Gasteiger partial charge in [-0.3, -0.25) is 4.79 Å². The molecule has 134 valence electrons. The number of carbonyl (C=O) groups excluding carboxylic acids is 2. The predicted octanol–water partition coefficient (Wildman–Crippen LogP) is 5.63. The fraction of sp³-hybridized carbons (Fsp3) is 0.273. The van der Waals surface area contributed by atoms with Gasteiger partial charge in [0.1, 0.15) is 4.88 Å². The monoisotopic (exact) mass is 366 g/mol. The Balaban J connectivity index is 1.71. The molecule has 3 nitrogen and oxygen atoms in total. The molecule has 1 atom stereocenters. The lowest BCUT2D eigenvalue weighted by Crippen LogP contribution is -2.24. The number of benzene rings is 2. The van der Waals surface area contributed by atoms with E-state index in [0.29, 0.717) is 10.4 Å². The highest BCUT2D eigenvalue weighted by Gasteiger charge is 2.22. The molecule has 4 heteroatoms. The summed E-state index contributed by atoms with van der Waals surface area (Å²) in [4.78, 5) is 25.5. The SMILES string of the molecule is C[C@@H](OC(=O)c1cc2ccccc2s1)C(=O)c1ccc(C(C)(C)C)cc1. The van der Waals surface area contributed by atoms with E-state index in [1.54, 1.807) is 25.1 Å². The minimum absolute atomic E-state index is 0.0286. The molecule has 0 spiro atoms. The lowest BCUT2D eigenvalue weighted by molar-refractivity contribution is 0.0323. The number of Topliss-reactive ketones (excluding diaryl/α,β-unsaturated/α-hetero) is 1. The highest BCUT2D eigenvalue weighted by molar-refractivity contribution is 7.20. The van der Waals surface area contributed by atoms with Gasteiger partial charge in [0.15, 0.2) is 6.10 Å². The van der Waals surface area contributed by atoms with Crippen LogP contribution < -0.4 is 0 Å². The number of ether oxygens (including phenoxy) is 1. The summed E-state index contributed by atoms with van der Waals surface area (Å²) in [5.74, 6) is -0.654. The van der Waals surface area contributed by atoms with E-state index in [1.165, 1.54) is 11.3 Å². The Labute approximate surface area is 157 Å². The van der Waals surface area contributed by atoms with Crippen molar-refractivity contribution < 1.29 is 14.3 Å². The van der Waals surface area contributed by atoms with Crippen molar-refractivity contribution in [1.82, 2.24) is 0 Å². The summed E-state index contributed by atoms with van der Waals surface area (Å²) < 4.78 is 6.43. The van der Waals surface area contributed by atoms with Crippen molar-refractivity contribution in [2.24, 2.45) is 0 Å². The van der Waals surface area contributed by atoms with Crippen molar-refractivity contribution in [3.8, 4) is 0 Å². The minimum Gasteiger partial charge on any atom is -0.450 e. The van der Waals surface area contributed by atoms with Gasteiger partial charge in [0, 0.05) is 10.3 Å². The van der Waals surface area contributed by atoms with Gasteiger partial charge < -0.3 is 4.74 Å². The fourth-order valence-corrected chi connectivity index (χ4v) is 3.67. The molecule has 3 aromatic rings. The van der Waals surface area contributed by atoms with Gasteiger partial charge >= 0.3 is 5.97 Å². The van der Waals surface area contributed by atoms with Crippen LogP contribution in [0.3, 0.4) is 0 Å². The molecule has 0 bridgehead atoms. The van der Waals surface area contributed by atoms with Crippen molar-refractivity contribution in [2.75, 3.05) is 0 Å². The number of carbonyl (C=O) groups is 2. The van der Waals surface area contributed by atoms with Gasteiger partial charge in [-0.25, -0.2) is 4.79 Å². The van der Waals surface area contributed by atoms with E-state index in [4.69, 9.17) is 4.74 Å². The van der Waals surface area contributed by atoms with E-state index in [0.717, 1.165) is 15.6 Å². The summed E-state index contributed by atoms with van der Waals surface area (Å²) in [5.41, 5.74) is 1.74. The van der Waals surface area contributed by atoms with E-state index in [9.17, 15) is 9.59 Å². The molecule has 26 heavy (non-hydrogen) atoms. The molecule has 0 saturated carbocycles. The lowest BCUT2D eigenvalue weighted by Gasteiger charge is -2.19. The maximum absolute atomic E-state index is 12.6. The molecule has 0 aliphatic rings. The van der Waals surface area contributed by atoms with E-state index >= 15 is 0 Å². The highest BCUT2D eigenvalue weighted by atomic mass is 32.1. The summed E-state index contributed by atoms with van der Waals surface area (Å²) in [5, 5.41) is 1.00. The second-order valence-corrected chi connectivity index (χ2v) is 8.47. The first-order chi connectivity index (χ1) is 12.3. The third-order valence-electron chi connectivity index (χ3n) is 4.32. The van der Waals surface area contributed by atoms with E-state index in [1.807, 2.05) is 36.4 Å². The molecular weight excluding hydrogens is 344 g/mol. The highest BCUT2D eigenvalue weighted by Crippen LogP contribution is 2.26. The summed E-state index contributed by atoms with van der Waals surface area (Å²) in [7, 11) is 0. The summed E-state index contributed by atoms with van der Waals surface area (Å²) in [6, 6.07) is 17.1. The summed E-state index contributed by atoms with van der Waals surface area (Å²) in [6.07, 6.45) is -0.826. The molecule has 0 amide bonds. The maximum Gasteiger partial charge on any atom is 0.349 e. The number of esters is 1. The molecule has 1 heterocycles. The Morgan fingerprint density at radius 3 is 2.27 bits per heavy atom. The fourth-order valence-electron chi connectivity index (χ4n) is 2.72. The molecule has 0 N–H and O–H groups in total. The Bertz CT molecular complexity index is 912. The first-order valence-electron chi connectivity index (χ1n) is 8.60. The molecule has 2 aromatic carbocycles. The molecule has 0 aliphatic heterocycles. The van der Waals surface area contributed by atoms with Gasteiger partial charge in [-0.05, 0) is 35.4 Å². The zero-order valence-corrected chi connectivity index (χ0v) is 16.2.